The summed E-state index contributed by atoms with van der Waals surface area (Å²) >= 11 is 0. The van der Waals surface area contributed by atoms with Gasteiger partial charge in [0.15, 0.2) is 6.10 Å². The van der Waals surface area contributed by atoms with Crippen molar-refractivity contribution in [2.24, 2.45) is 0 Å². The van der Waals surface area contributed by atoms with E-state index in [0.717, 1.165) is 11.1 Å². The van der Waals surface area contributed by atoms with Crippen LogP contribution in [0, 0.1) is 23.7 Å². The fourth-order valence-electron chi connectivity index (χ4n) is 5.43. The zero-order valence-corrected chi connectivity index (χ0v) is 29.3. The van der Waals surface area contributed by atoms with Crippen LogP contribution in [0.5, 0.6) is 0 Å². The Bertz CT molecular complexity index is 1590. The molecular formula is C34H44Cl2N8O5. The molecule has 0 spiro atoms. The quantitative estimate of drug-likeness (QED) is 0.302. The van der Waals surface area contributed by atoms with Crippen molar-refractivity contribution in [3.05, 3.63) is 59.7 Å². The number of hydrogen-bond donors (Lipinski definition) is 3. The Morgan fingerprint density at radius 3 is 1.59 bits per heavy atom. The molecule has 49 heavy (non-hydrogen) atoms. The minimum atomic E-state index is -1.56. The zero-order valence-electron chi connectivity index (χ0n) is 27.7. The number of aliphatic hydroxyl groups excluding tert-OH is 1. The van der Waals surface area contributed by atoms with Gasteiger partial charge in [0.1, 0.15) is 0 Å². The van der Waals surface area contributed by atoms with Gasteiger partial charge in [0.2, 0.25) is 5.91 Å². The number of amides is 6. The smallest absolute Gasteiger partial charge is 0.320 e. The highest BCUT2D eigenvalue weighted by atomic mass is 35.5. The van der Waals surface area contributed by atoms with Crippen LogP contribution in [0.1, 0.15) is 17.5 Å². The number of carbonyl (C=O) groups excluding carboxylic acids is 4. The third kappa shape index (κ3) is 11.7. The lowest BCUT2D eigenvalue weighted by molar-refractivity contribution is -0.138. The Labute approximate surface area is 299 Å². The Hall–Kier alpha value is -4.82. The lowest BCUT2D eigenvalue weighted by atomic mass is 10.2. The van der Waals surface area contributed by atoms with Crippen molar-refractivity contribution >= 4 is 60.1 Å². The van der Waals surface area contributed by atoms with Crippen molar-refractivity contribution in [3.8, 4) is 23.7 Å². The van der Waals surface area contributed by atoms with Crippen LogP contribution < -0.4 is 11.5 Å². The number of nitrogens with zero attached hydrogens (tertiary/aromatic N) is 6. The summed E-state index contributed by atoms with van der Waals surface area (Å²) < 4.78 is 0. The molecule has 2 aromatic rings. The Morgan fingerprint density at radius 1 is 0.714 bits per heavy atom. The first-order valence-corrected chi connectivity index (χ1v) is 15.4. The van der Waals surface area contributed by atoms with E-state index in [1.165, 1.54) is 4.90 Å². The van der Waals surface area contributed by atoms with Crippen LogP contribution in [0.3, 0.4) is 0 Å². The van der Waals surface area contributed by atoms with Crippen molar-refractivity contribution in [1.29, 1.82) is 0 Å². The van der Waals surface area contributed by atoms with Gasteiger partial charge in [-0.05, 0) is 53.2 Å². The van der Waals surface area contributed by atoms with Gasteiger partial charge >= 0.3 is 12.1 Å². The number of anilines is 2. The first-order valence-electron chi connectivity index (χ1n) is 15.4. The number of nitrogens with two attached hydrogens (primary N) is 2. The Morgan fingerprint density at radius 2 is 1.14 bits per heavy atom. The number of carbonyl (C=O) groups is 4. The van der Waals surface area contributed by atoms with Crippen LogP contribution in [-0.4, -0.2) is 131 Å². The summed E-state index contributed by atoms with van der Waals surface area (Å²) in [6, 6.07) is 14.5. The molecule has 2 aliphatic heterocycles. The van der Waals surface area contributed by atoms with Gasteiger partial charge in [0, 0.05) is 90.9 Å². The van der Waals surface area contributed by atoms with Crippen molar-refractivity contribution in [2.75, 3.05) is 77.9 Å². The highest BCUT2D eigenvalue weighted by molar-refractivity contribution is 5.86. The van der Waals surface area contributed by atoms with E-state index >= 15 is 0 Å². The molecule has 4 rings (SSSR count). The molecule has 0 aliphatic carbocycles. The maximum absolute atomic E-state index is 12.9. The summed E-state index contributed by atoms with van der Waals surface area (Å²) in [6.45, 7) is 3.66. The van der Waals surface area contributed by atoms with Crippen molar-refractivity contribution in [3.63, 3.8) is 0 Å². The number of rotatable bonds is 6. The third-order valence-electron chi connectivity index (χ3n) is 7.99. The maximum Gasteiger partial charge on any atom is 0.320 e. The largest absolute Gasteiger partial charge is 0.399 e. The van der Waals surface area contributed by atoms with Gasteiger partial charge in [-0.3, -0.25) is 9.59 Å². The van der Waals surface area contributed by atoms with E-state index in [9.17, 15) is 24.3 Å². The van der Waals surface area contributed by atoms with E-state index in [0.29, 0.717) is 63.7 Å². The molecule has 1 atom stereocenters. The van der Waals surface area contributed by atoms with E-state index in [-0.39, 0.29) is 62.3 Å². The highest BCUT2D eigenvalue weighted by Crippen LogP contribution is 2.14. The van der Waals surface area contributed by atoms with Crippen LogP contribution in [-0.2, 0) is 22.7 Å². The number of aliphatic hydroxyl groups is 1. The maximum atomic E-state index is 12.9. The summed E-state index contributed by atoms with van der Waals surface area (Å²) in [5, 5.41) is 10.3. The predicted octanol–water partition coefficient (Wildman–Crippen LogP) is 1.54. The van der Waals surface area contributed by atoms with Gasteiger partial charge in [0.25, 0.3) is 5.91 Å². The van der Waals surface area contributed by atoms with E-state index in [1.54, 1.807) is 50.7 Å². The summed E-state index contributed by atoms with van der Waals surface area (Å²) in [5.41, 5.74) is 14.8. The molecule has 2 heterocycles. The molecule has 0 bridgehead atoms. The number of hydrogen-bond acceptors (Lipinski definition) is 7. The first kappa shape index (κ1) is 40.4. The average molecular weight is 716 g/mol. The summed E-state index contributed by atoms with van der Waals surface area (Å²) in [5.74, 6) is 9.38. The molecule has 1 unspecified atom stereocenters. The number of halogens is 2. The summed E-state index contributed by atoms with van der Waals surface area (Å²) in [4.78, 5) is 60.7. The molecule has 0 aromatic heterocycles. The lowest BCUT2D eigenvalue weighted by Gasteiger charge is -2.37. The lowest BCUT2D eigenvalue weighted by Crippen LogP contribution is -2.54. The molecule has 2 aliphatic rings. The fraction of sp³-hybridized carbons (Fsp3) is 0.412. The van der Waals surface area contributed by atoms with Gasteiger partial charge in [-0.15, -0.1) is 24.8 Å². The minimum absolute atomic E-state index is 0. The second-order valence-electron chi connectivity index (χ2n) is 11.6. The van der Waals surface area contributed by atoms with Gasteiger partial charge in [-0.25, -0.2) is 9.59 Å². The molecule has 2 fully saturated rings. The Kier molecular flexibility index (Phi) is 15.9. The number of urea groups is 2. The summed E-state index contributed by atoms with van der Waals surface area (Å²) in [6.07, 6.45) is -1.62. The zero-order chi connectivity index (χ0) is 33.9. The molecule has 2 aromatic carbocycles. The number of piperazine rings is 2. The van der Waals surface area contributed by atoms with Crippen molar-refractivity contribution < 1.29 is 24.3 Å². The fourth-order valence-corrected chi connectivity index (χ4v) is 5.43. The second-order valence-corrected chi connectivity index (χ2v) is 11.6. The van der Waals surface area contributed by atoms with Crippen molar-refractivity contribution in [2.45, 2.75) is 25.6 Å². The second kappa shape index (κ2) is 19.2. The molecule has 2 saturated heterocycles. The van der Waals surface area contributed by atoms with Crippen LogP contribution in [0.15, 0.2) is 48.5 Å². The van der Waals surface area contributed by atoms with E-state index in [4.69, 9.17) is 11.5 Å². The van der Waals surface area contributed by atoms with Gasteiger partial charge in [0.05, 0.1) is 6.42 Å². The molecule has 13 nitrogen and oxygen atoms in total. The highest BCUT2D eigenvalue weighted by Gasteiger charge is 2.29. The SMILES string of the molecule is CN(Cc1cccc(N)c1)C(=O)N1CCN(C(=O)CC#CC#CC(O)C(=O)N2CCN(C(=O)N(C)Cc3cccc(N)c3)CC2)CC1.Cl.Cl. The average Bonchev–Trinajstić information content (AvgIpc) is 3.07. The summed E-state index contributed by atoms with van der Waals surface area (Å²) in [7, 11) is 3.45. The molecular weight excluding hydrogens is 671 g/mol. The molecule has 0 saturated carbocycles. The monoisotopic (exact) mass is 714 g/mol. The van der Waals surface area contributed by atoms with Crippen LogP contribution in [0.4, 0.5) is 21.0 Å². The molecule has 5 N–H and O–H groups in total. The molecule has 6 amide bonds. The van der Waals surface area contributed by atoms with Gasteiger partial charge < -0.3 is 46.0 Å². The Balaban J connectivity index is 0.00000417. The molecule has 0 radical (unpaired) electrons. The minimum Gasteiger partial charge on any atom is -0.399 e. The first-order chi connectivity index (χ1) is 22.5. The third-order valence-corrected chi connectivity index (χ3v) is 7.99. The van der Waals surface area contributed by atoms with E-state index < -0.39 is 12.0 Å². The van der Waals surface area contributed by atoms with Crippen LogP contribution in [0.2, 0.25) is 0 Å². The molecule has 15 heteroatoms. The standard InChI is InChI=1S/C34H42N8O5.2ClH/c1-37(24-26-8-6-10-28(35)22-26)33(46)41-18-14-39(15-19-41)31(44)13-5-3-4-12-30(43)32(45)40-16-20-42(21-17-40)34(47)38(2)25-27-9-7-11-29(36)23-27;;/h6-11,22-23,30,43H,13-21,24-25,35-36H2,1-2H3;2*1H. The molecule has 264 valence electrons. The van der Waals surface area contributed by atoms with Gasteiger partial charge in [-0.1, -0.05) is 30.2 Å². The van der Waals surface area contributed by atoms with Crippen molar-refractivity contribution in [1.82, 2.24) is 29.4 Å². The number of nitrogen functional groups attached to an aromatic ring is 2. The van der Waals surface area contributed by atoms with E-state index in [1.807, 2.05) is 36.4 Å². The topological polar surface area (TPSA) is 160 Å². The van der Waals surface area contributed by atoms with Crippen LogP contribution in [0.25, 0.3) is 0 Å². The van der Waals surface area contributed by atoms with Gasteiger partial charge in [-0.2, -0.15) is 0 Å². The van der Waals surface area contributed by atoms with Crippen LogP contribution >= 0.6 is 24.8 Å². The number of benzene rings is 2. The predicted molar refractivity (Wildman–Crippen MR) is 192 cm³/mol. The normalized spacial score (nSPS) is 14.4. The van der Waals surface area contributed by atoms with E-state index in [2.05, 4.69) is 23.7 Å².